The Morgan fingerprint density at radius 1 is 1.46 bits per heavy atom. The number of alkyl halides is 3. The zero-order chi connectivity index (χ0) is 18.0. The molecule has 1 aliphatic rings. The summed E-state index contributed by atoms with van der Waals surface area (Å²) in [6.07, 6.45) is 4.00. The Morgan fingerprint density at radius 2 is 2.17 bits per heavy atom. The van der Waals surface area contributed by atoms with E-state index in [1.165, 1.54) is 4.68 Å². The van der Waals surface area contributed by atoms with Crippen molar-refractivity contribution in [2.75, 3.05) is 18.9 Å². The third kappa shape index (κ3) is 3.44. The SMILES string of the molecule is Nc1c(C(=O)NCC(O)(CO)C(F)(F)F)cnn1[C@H]1C=CC=CC1. The minimum atomic E-state index is -5.09. The van der Waals surface area contributed by atoms with Crippen LogP contribution in [0.4, 0.5) is 19.0 Å². The third-order valence-corrected chi connectivity index (χ3v) is 3.68. The number of hydrogen-bond donors (Lipinski definition) is 4. The van der Waals surface area contributed by atoms with Crippen molar-refractivity contribution in [1.82, 2.24) is 15.1 Å². The summed E-state index contributed by atoms with van der Waals surface area (Å²) in [5, 5.41) is 24.0. The maximum atomic E-state index is 12.7. The number of aliphatic hydroxyl groups is 2. The Hall–Kier alpha value is -2.33. The van der Waals surface area contributed by atoms with E-state index in [-0.39, 0.29) is 17.4 Å². The summed E-state index contributed by atoms with van der Waals surface area (Å²) in [6, 6.07) is -0.193. The second-order valence-electron chi connectivity index (χ2n) is 5.37. The Kier molecular flexibility index (Phi) is 4.99. The minimum absolute atomic E-state index is 0.00278. The molecule has 2 atom stereocenters. The number of allylic oxidation sites excluding steroid dienone is 4. The molecule has 10 heteroatoms. The van der Waals surface area contributed by atoms with E-state index in [0.29, 0.717) is 6.42 Å². The molecule has 1 aliphatic carbocycles. The number of rotatable bonds is 5. The second-order valence-corrected chi connectivity index (χ2v) is 5.37. The molecule has 1 unspecified atom stereocenters. The Bertz CT molecular complexity index is 669. The molecular weight excluding hydrogens is 329 g/mol. The van der Waals surface area contributed by atoms with Crippen LogP contribution in [-0.4, -0.2) is 50.8 Å². The van der Waals surface area contributed by atoms with E-state index in [2.05, 4.69) is 5.10 Å². The van der Waals surface area contributed by atoms with Crippen molar-refractivity contribution in [3.05, 3.63) is 36.1 Å². The number of aromatic nitrogens is 2. The highest BCUT2D eigenvalue weighted by molar-refractivity contribution is 5.98. The van der Waals surface area contributed by atoms with Gasteiger partial charge in [0.1, 0.15) is 11.4 Å². The van der Waals surface area contributed by atoms with Crippen LogP contribution in [0.2, 0.25) is 0 Å². The van der Waals surface area contributed by atoms with E-state index in [1.807, 2.05) is 23.5 Å². The summed E-state index contributed by atoms with van der Waals surface area (Å²) in [6.45, 7) is -2.78. The molecule has 0 aliphatic heterocycles. The van der Waals surface area contributed by atoms with Crippen molar-refractivity contribution < 1.29 is 28.2 Å². The van der Waals surface area contributed by atoms with E-state index in [9.17, 15) is 23.1 Å². The van der Waals surface area contributed by atoms with Gasteiger partial charge in [0.2, 0.25) is 5.60 Å². The average molecular weight is 346 g/mol. The van der Waals surface area contributed by atoms with Crippen LogP contribution in [0.5, 0.6) is 0 Å². The molecule has 7 nitrogen and oxygen atoms in total. The molecule has 0 aromatic carbocycles. The van der Waals surface area contributed by atoms with Crippen molar-refractivity contribution >= 4 is 11.7 Å². The van der Waals surface area contributed by atoms with Crippen molar-refractivity contribution in [2.24, 2.45) is 0 Å². The maximum Gasteiger partial charge on any atom is 0.421 e. The number of anilines is 1. The van der Waals surface area contributed by atoms with Gasteiger partial charge in [0.15, 0.2) is 0 Å². The molecule has 2 rings (SSSR count). The third-order valence-electron chi connectivity index (χ3n) is 3.68. The van der Waals surface area contributed by atoms with E-state index in [4.69, 9.17) is 10.8 Å². The molecule has 0 saturated heterocycles. The first-order valence-corrected chi connectivity index (χ1v) is 7.04. The largest absolute Gasteiger partial charge is 0.421 e. The molecule has 132 valence electrons. The van der Waals surface area contributed by atoms with Crippen LogP contribution in [0, 0.1) is 0 Å². The number of nitrogen functional groups attached to an aromatic ring is 1. The van der Waals surface area contributed by atoms with Gasteiger partial charge in [-0.2, -0.15) is 18.3 Å². The molecule has 1 aromatic rings. The van der Waals surface area contributed by atoms with Crippen LogP contribution in [0.15, 0.2) is 30.5 Å². The van der Waals surface area contributed by atoms with Crippen LogP contribution >= 0.6 is 0 Å². The van der Waals surface area contributed by atoms with Crippen LogP contribution in [0.1, 0.15) is 22.8 Å². The van der Waals surface area contributed by atoms with Gasteiger partial charge in [-0.3, -0.25) is 4.79 Å². The fourth-order valence-electron chi connectivity index (χ4n) is 2.13. The predicted octanol–water partition coefficient (Wildman–Crippen LogP) is 0.538. The van der Waals surface area contributed by atoms with E-state index >= 15 is 0 Å². The lowest BCUT2D eigenvalue weighted by Crippen LogP contribution is -2.56. The van der Waals surface area contributed by atoms with Gasteiger partial charge in [-0.1, -0.05) is 24.3 Å². The van der Waals surface area contributed by atoms with Gasteiger partial charge >= 0.3 is 6.18 Å². The van der Waals surface area contributed by atoms with Gasteiger partial charge < -0.3 is 21.3 Å². The summed E-state index contributed by atoms with van der Waals surface area (Å²) in [4.78, 5) is 12.0. The van der Waals surface area contributed by atoms with Crippen LogP contribution in [0.25, 0.3) is 0 Å². The van der Waals surface area contributed by atoms with Crippen LogP contribution in [0.3, 0.4) is 0 Å². The summed E-state index contributed by atoms with van der Waals surface area (Å²) in [7, 11) is 0. The lowest BCUT2D eigenvalue weighted by atomic mass is 10.1. The highest BCUT2D eigenvalue weighted by Gasteiger charge is 2.53. The maximum absolute atomic E-state index is 12.7. The lowest BCUT2D eigenvalue weighted by molar-refractivity contribution is -0.267. The fourth-order valence-corrected chi connectivity index (χ4v) is 2.13. The van der Waals surface area contributed by atoms with Gasteiger partial charge in [-0.05, 0) is 6.42 Å². The number of amides is 1. The van der Waals surface area contributed by atoms with Gasteiger partial charge in [0.25, 0.3) is 5.91 Å². The smallest absolute Gasteiger partial charge is 0.393 e. The van der Waals surface area contributed by atoms with Crippen molar-refractivity contribution in [1.29, 1.82) is 0 Å². The number of halogens is 3. The van der Waals surface area contributed by atoms with Crippen molar-refractivity contribution in [3.8, 4) is 0 Å². The number of hydrogen-bond acceptors (Lipinski definition) is 5. The molecule has 1 heterocycles. The number of nitrogens with one attached hydrogen (secondary N) is 1. The van der Waals surface area contributed by atoms with Gasteiger partial charge in [0.05, 0.1) is 25.4 Å². The minimum Gasteiger partial charge on any atom is -0.393 e. The number of carbonyl (C=O) groups is 1. The van der Waals surface area contributed by atoms with E-state index in [0.717, 1.165) is 6.20 Å². The summed E-state index contributed by atoms with van der Waals surface area (Å²) < 4.78 is 39.4. The number of aliphatic hydroxyl groups excluding tert-OH is 1. The zero-order valence-corrected chi connectivity index (χ0v) is 12.5. The van der Waals surface area contributed by atoms with Crippen molar-refractivity contribution in [2.45, 2.75) is 24.2 Å². The molecule has 1 aromatic heterocycles. The first-order chi connectivity index (χ1) is 11.2. The summed E-state index contributed by atoms with van der Waals surface area (Å²) in [5.74, 6) is -0.929. The molecule has 0 bridgehead atoms. The van der Waals surface area contributed by atoms with Gasteiger partial charge in [0, 0.05) is 0 Å². The molecule has 0 saturated carbocycles. The lowest BCUT2D eigenvalue weighted by Gasteiger charge is -2.28. The molecule has 0 fully saturated rings. The summed E-state index contributed by atoms with van der Waals surface area (Å²) >= 11 is 0. The standard InChI is InChI=1S/C14H17F3N4O3/c15-14(16,17)13(24,8-22)7-19-12(23)10-6-20-21(11(10)18)9-4-2-1-3-5-9/h1-4,6,9,22,24H,5,7-8,18H2,(H,19,23)/t9-,13?/m0/s1. The highest BCUT2D eigenvalue weighted by Crippen LogP contribution is 2.29. The normalized spacial score (nSPS) is 20.0. The zero-order valence-electron chi connectivity index (χ0n) is 12.5. The van der Waals surface area contributed by atoms with E-state index in [1.54, 1.807) is 6.08 Å². The van der Waals surface area contributed by atoms with Gasteiger partial charge in [-0.25, -0.2) is 4.68 Å². The van der Waals surface area contributed by atoms with Crippen LogP contribution in [-0.2, 0) is 0 Å². The molecule has 0 spiro atoms. The molecule has 1 amide bonds. The number of nitrogens with zero attached hydrogens (tertiary/aromatic N) is 2. The molecule has 5 N–H and O–H groups in total. The Morgan fingerprint density at radius 3 is 2.71 bits per heavy atom. The highest BCUT2D eigenvalue weighted by atomic mass is 19.4. The Balaban J connectivity index is 2.10. The first kappa shape index (κ1) is 18.0. The second kappa shape index (κ2) is 6.65. The van der Waals surface area contributed by atoms with Gasteiger partial charge in [-0.15, -0.1) is 0 Å². The number of carbonyl (C=O) groups excluding carboxylic acids is 1. The molecule has 0 radical (unpaired) electrons. The quantitative estimate of drug-likeness (QED) is 0.621. The van der Waals surface area contributed by atoms with Crippen molar-refractivity contribution in [3.63, 3.8) is 0 Å². The topological polar surface area (TPSA) is 113 Å². The number of nitrogens with two attached hydrogens (primary N) is 1. The monoisotopic (exact) mass is 346 g/mol. The van der Waals surface area contributed by atoms with E-state index < -0.39 is 30.8 Å². The molecule has 24 heavy (non-hydrogen) atoms. The predicted molar refractivity (Wildman–Crippen MR) is 79.0 cm³/mol. The average Bonchev–Trinajstić information content (AvgIpc) is 2.93. The van der Waals surface area contributed by atoms with Crippen LogP contribution < -0.4 is 11.1 Å². The Labute approximate surface area is 135 Å². The molecular formula is C14H17F3N4O3. The first-order valence-electron chi connectivity index (χ1n) is 7.04. The summed E-state index contributed by atoms with van der Waals surface area (Å²) in [5.41, 5.74) is 2.30. The fraction of sp³-hybridized carbons (Fsp3) is 0.429.